The van der Waals surface area contributed by atoms with Crippen LogP contribution in [0.1, 0.15) is 26.1 Å². The Bertz CT molecular complexity index is 456. The minimum Gasteiger partial charge on any atom is -0.481 e. The highest BCUT2D eigenvalue weighted by Gasteiger charge is 2.17. The highest BCUT2D eigenvalue weighted by atomic mass is 16.4. The van der Waals surface area contributed by atoms with Crippen molar-refractivity contribution < 1.29 is 14.7 Å². The first-order valence-electron chi connectivity index (χ1n) is 6.64. The van der Waals surface area contributed by atoms with E-state index < -0.39 is 5.97 Å². The lowest BCUT2D eigenvalue weighted by Crippen LogP contribution is -2.45. The molecule has 0 radical (unpaired) electrons. The maximum atomic E-state index is 12.0. The smallest absolute Gasteiger partial charge is 0.317 e. The lowest BCUT2D eigenvalue weighted by atomic mass is 10.3. The molecule has 2 N–H and O–H groups in total. The van der Waals surface area contributed by atoms with Gasteiger partial charge in [-0.2, -0.15) is 0 Å². The monoisotopic (exact) mass is 282 g/mol. The third-order valence-corrected chi connectivity index (χ3v) is 3.00. The number of hydrogen-bond donors (Lipinski definition) is 2. The van der Waals surface area contributed by atoms with Crippen molar-refractivity contribution >= 4 is 12.0 Å². The summed E-state index contributed by atoms with van der Waals surface area (Å²) in [5.41, 5.74) is 0. The van der Waals surface area contributed by atoms with Crippen LogP contribution in [0.2, 0.25) is 0 Å². The summed E-state index contributed by atoms with van der Waals surface area (Å²) in [7, 11) is 1.90. The van der Waals surface area contributed by atoms with Crippen molar-refractivity contribution in [3.63, 3.8) is 0 Å². The zero-order valence-corrected chi connectivity index (χ0v) is 12.2. The molecule has 1 aromatic heterocycles. The van der Waals surface area contributed by atoms with Crippen molar-refractivity contribution in [2.24, 2.45) is 7.05 Å². The largest absolute Gasteiger partial charge is 0.481 e. The first kappa shape index (κ1) is 16.0. The van der Waals surface area contributed by atoms with Gasteiger partial charge in [0.25, 0.3) is 0 Å². The second-order valence-electron chi connectivity index (χ2n) is 4.87. The number of carboxylic acids is 1. The predicted molar refractivity (Wildman–Crippen MR) is 74.4 cm³/mol. The first-order chi connectivity index (χ1) is 9.41. The van der Waals surface area contributed by atoms with Crippen molar-refractivity contribution in [3.05, 3.63) is 18.2 Å². The van der Waals surface area contributed by atoms with Crippen molar-refractivity contribution in [2.75, 3.05) is 13.1 Å². The number of rotatable bonds is 7. The van der Waals surface area contributed by atoms with Gasteiger partial charge in [-0.3, -0.25) is 4.79 Å². The van der Waals surface area contributed by atoms with Crippen LogP contribution in [0.5, 0.6) is 0 Å². The van der Waals surface area contributed by atoms with E-state index in [9.17, 15) is 9.59 Å². The van der Waals surface area contributed by atoms with Gasteiger partial charge in [0.1, 0.15) is 5.82 Å². The fourth-order valence-electron chi connectivity index (χ4n) is 1.83. The van der Waals surface area contributed by atoms with E-state index in [2.05, 4.69) is 10.3 Å². The number of hydrogen-bond acceptors (Lipinski definition) is 3. The third-order valence-electron chi connectivity index (χ3n) is 3.00. The van der Waals surface area contributed by atoms with Gasteiger partial charge < -0.3 is 19.9 Å². The molecule has 112 valence electrons. The van der Waals surface area contributed by atoms with Crippen LogP contribution in [-0.4, -0.2) is 50.7 Å². The summed E-state index contributed by atoms with van der Waals surface area (Å²) in [6.45, 7) is 4.40. The Kier molecular flexibility index (Phi) is 6.02. The molecule has 0 aromatic carbocycles. The Hall–Kier alpha value is -2.05. The molecule has 0 spiro atoms. The molecule has 2 amide bonds. The standard InChI is InChI=1S/C13H22N4O3/c1-10(2)17(8-5-12(18)19)13(20)15-6-4-11-14-7-9-16(11)3/h7,9-10H,4-6,8H2,1-3H3,(H,15,20)(H,18,19). The normalized spacial score (nSPS) is 10.6. The van der Waals surface area contributed by atoms with Crippen molar-refractivity contribution in [3.8, 4) is 0 Å². The number of imidazole rings is 1. The van der Waals surface area contributed by atoms with Gasteiger partial charge in [0.2, 0.25) is 0 Å². The van der Waals surface area contributed by atoms with E-state index in [0.29, 0.717) is 13.0 Å². The summed E-state index contributed by atoms with van der Waals surface area (Å²) in [4.78, 5) is 28.3. The molecule has 7 nitrogen and oxygen atoms in total. The van der Waals surface area contributed by atoms with Gasteiger partial charge in [0.15, 0.2) is 0 Å². The summed E-state index contributed by atoms with van der Waals surface area (Å²) < 4.78 is 1.90. The summed E-state index contributed by atoms with van der Waals surface area (Å²) in [5, 5.41) is 11.5. The molecule has 0 aliphatic carbocycles. The Morgan fingerprint density at radius 1 is 1.50 bits per heavy atom. The zero-order chi connectivity index (χ0) is 15.1. The average molecular weight is 282 g/mol. The fraction of sp³-hybridized carbons (Fsp3) is 0.615. The Morgan fingerprint density at radius 3 is 2.70 bits per heavy atom. The molecule has 0 aliphatic rings. The molecule has 1 aromatic rings. The number of aliphatic carboxylic acids is 1. The fourth-order valence-corrected chi connectivity index (χ4v) is 1.83. The van der Waals surface area contributed by atoms with Gasteiger partial charge in [0.05, 0.1) is 6.42 Å². The molecule has 7 heteroatoms. The maximum Gasteiger partial charge on any atom is 0.317 e. The Labute approximate surface area is 118 Å². The van der Waals surface area contributed by atoms with Crippen molar-refractivity contribution in [2.45, 2.75) is 32.7 Å². The van der Waals surface area contributed by atoms with Crippen LogP contribution in [0.4, 0.5) is 4.79 Å². The van der Waals surface area contributed by atoms with Gasteiger partial charge in [-0.25, -0.2) is 9.78 Å². The average Bonchev–Trinajstić information content (AvgIpc) is 2.74. The molecule has 0 bridgehead atoms. The maximum absolute atomic E-state index is 12.0. The Morgan fingerprint density at radius 2 is 2.20 bits per heavy atom. The number of nitrogens with zero attached hydrogens (tertiary/aromatic N) is 3. The molecule has 0 aliphatic heterocycles. The number of aryl methyl sites for hydroxylation is 1. The number of carbonyl (C=O) groups is 2. The number of aromatic nitrogens is 2. The molecular formula is C13H22N4O3. The van der Waals surface area contributed by atoms with Crippen LogP contribution < -0.4 is 5.32 Å². The summed E-state index contributed by atoms with van der Waals surface area (Å²) in [6.07, 6.45) is 4.15. The van der Waals surface area contributed by atoms with Gasteiger partial charge >= 0.3 is 12.0 Å². The molecule has 0 saturated carbocycles. The molecule has 0 unspecified atom stereocenters. The number of urea groups is 1. The van der Waals surface area contributed by atoms with E-state index in [4.69, 9.17) is 5.11 Å². The molecule has 0 atom stereocenters. The number of carboxylic acid groups (broad SMARTS) is 1. The first-order valence-corrected chi connectivity index (χ1v) is 6.64. The predicted octanol–water partition coefficient (Wildman–Crippen LogP) is 0.857. The second kappa shape index (κ2) is 7.52. The highest BCUT2D eigenvalue weighted by molar-refractivity contribution is 5.75. The van der Waals surface area contributed by atoms with Crippen LogP contribution in [0.15, 0.2) is 12.4 Å². The highest BCUT2D eigenvalue weighted by Crippen LogP contribution is 2.01. The molecule has 20 heavy (non-hydrogen) atoms. The zero-order valence-electron chi connectivity index (χ0n) is 12.2. The number of nitrogens with one attached hydrogen (secondary N) is 1. The van der Waals surface area contributed by atoms with Crippen LogP contribution in [0.25, 0.3) is 0 Å². The van der Waals surface area contributed by atoms with Gasteiger partial charge in [-0.1, -0.05) is 0 Å². The summed E-state index contributed by atoms with van der Waals surface area (Å²) in [5.74, 6) is -0.0107. The van der Waals surface area contributed by atoms with Crippen LogP contribution in [0.3, 0.4) is 0 Å². The lowest BCUT2D eigenvalue weighted by Gasteiger charge is -2.26. The minimum absolute atomic E-state index is 0.0393. The van der Waals surface area contributed by atoms with Crippen molar-refractivity contribution in [1.29, 1.82) is 0 Å². The molecule has 0 saturated heterocycles. The molecular weight excluding hydrogens is 260 g/mol. The number of amides is 2. The van der Waals surface area contributed by atoms with E-state index in [1.165, 1.54) is 4.90 Å². The van der Waals surface area contributed by atoms with E-state index in [-0.39, 0.29) is 25.0 Å². The second-order valence-corrected chi connectivity index (χ2v) is 4.87. The van der Waals surface area contributed by atoms with Crippen LogP contribution in [0, 0.1) is 0 Å². The van der Waals surface area contributed by atoms with Crippen LogP contribution in [-0.2, 0) is 18.3 Å². The van der Waals surface area contributed by atoms with E-state index in [0.717, 1.165) is 5.82 Å². The molecule has 1 rings (SSSR count). The van der Waals surface area contributed by atoms with E-state index in [1.807, 2.05) is 31.7 Å². The lowest BCUT2D eigenvalue weighted by molar-refractivity contribution is -0.137. The topological polar surface area (TPSA) is 87.5 Å². The third kappa shape index (κ3) is 4.91. The summed E-state index contributed by atoms with van der Waals surface area (Å²) in [6, 6.07) is -0.280. The molecule has 0 fully saturated rings. The van der Waals surface area contributed by atoms with Gasteiger partial charge in [-0.15, -0.1) is 0 Å². The van der Waals surface area contributed by atoms with E-state index in [1.54, 1.807) is 6.20 Å². The van der Waals surface area contributed by atoms with Gasteiger partial charge in [0, 0.05) is 45.0 Å². The number of carbonyl (C=O) groups excluding carboxylic acids is 1. The summed E-state index contributed by atoms with van der Waals surface area (Å²) >= 11 is 0. The van der Waals surface area contributed by atoms with Crippen molar-refractivity contribution in [1.82, 2.24) is 19.8 Å². The Balaban J connectivity index is 2.42. The molecule has 1 heterocycles. The quantitative estimate of drug-likeness (QED) is 0.776. The minimum atomic E-state index is -0.906. The van der Waals surface area contributed by atoms with Crippen LogP contribution >= 0.6 is 0 Å². The van der Waals surface area contributed by atoms with Gasteiger partial charge in [-0.05, 0) is 13.8 Å². The SMILES string of the molecule is CC(C)N(CCC(=O)O)C(=O)NCCc1nccn1C. The van der Waals surface area contributed by atoms with E-state index >= 15 is 0 Å².